The van der Waals surface area contributed by atoms with E-state index in [9.17, 15) is 9.90 Å². The molecule has 0 aliphatic carbocycles. The molecule has 1 unspecified atom stereocenters. The summed E-state index contributed by atoms with van der Waals surface area (Å²) in [7, 11) is 1.58. The number of hydrogen-bond donors (Lipinski definition) is 1. The van der Waals surface area contributed by atoms with Gasteiger partial charge in [0.1, 0.15) is 11.5 Å². The molecule has 0 aromatic heterocycles. The van der Waals surface area contributed by atoms with Gasteiger partial charge in [0.05, 0.1) is 7.11 Å². The van der Waals surface area contributed by atoms with E-state index in [1.165, 1.54) is 0 Å². The van der Waals surface area contributed by atoms with Crippen LogP contribution in [0.25, 0.3) is 0 Å². The molecule has 2 rings (SSSR count). The van der Waals surface area contributed by atoms with Crippen LogP contribution in [-0.4, -0.2) is 24.3 Å². The molecule has 1 atom stereocenters. The molecule has 0 radical (unpaired) electrons. The van der Waals surface area contributed by atoms with Crippen molar-refractivity contribution in [3.8, 4) is 11.5 Å². The van der Waals surface area contributed by atoms with Crippen LogP contribution in [0.4, 0.5) is 0 Å². The molecular formula is C16H15IO4. The number of carboxylic acid groups (broad SMARTS) is 1. The van der Waals surface area contributed by atoms with E-state index in [1.807, 2.05) is 24.3 Å². The van der Waals surface area contributed by atoms with Gasteiger partial charge in [0.2, 0.25) is 0 Å². The quantitative estimate of drug-likeness (QED) is 0.759. The first-order valence-electron chi connectivity index (χ1n) is 6.36. The predicted octanol–water partition coefficient (Wildman–Crippen LogP) is 3.37. The van der Waals surface area contributed by atoms with Crippen LogP contribution >= 0.6 is 22.6 Å². The summed E-state index contributed by atoms with van der Waals surface area (Å²) in [5.41, 5.74) is 0.927. The zero-order valence-corrected chi connectivity index (χ0v) is 13.6. The van der Waals surface area contributed by atoms with E-state index in [1.54, 1.807) is 31.4 Å². The monoisotopic (exact) mass is 398 g/mol. The lowest BCUT2D eigenvalue weighted by Crippen LogP contribution is -2.29. The van der Waals surface area contributed by atoms with Gasteiger partial charge >= 0.3 is 5.97 Å². The number of benzene rings is 2. The topological polar surface area (TPSA) is 55.8 Å². The van der Waals surface area contributed by atoms with Crippen LogP contribution in [0.15, 0.2) is 48.5 Å². The van der Waals surface area contributed by atoms with Crippen LogP contribution in [0.3, 0.4) is 0 Å². The Morgan fingerprint density at radius 1 is 1.10 bits per heavy atom. The minimum atomic E-state index is -0.982. The van der Waals surface area contributed by atoms with E-state index in [2.05, 4.69) is 22.6 Å². The molecule has 5 heteroatoms. The Morgan fingerprint density at radius 2 is 1.67 bits per heavy atom. The van der Waals surface area contributed by atoms with Gasteiger partial charge in [-0.1, -0.05) is 12.1 Å². The Labute approximate surface area is 136 Å². The first kappa shape index (κ1) is 15.6. The molecule has 0 fully saturated rings. The highest BCUT2D eigenvalue weighted by atomic mass is 127. The average molecular weight is 398 g/mol. The lowest BCUT2D eigenvalue weighted by Gasteiger charge is -2.15. The second kappa shape index (κ2) is 7.31. The van der Waals surface area contributed by atoms with Crippen molar-refractivity contribution < 1.29 is 19.4 Å². The van der Waals surface area contributed by atoms with Gasteiger partial charge in [-0.05, 0) is 64.6 Å². The maximum Gasteiger partial charge on any atom is 0.345 e. The van der Waals surface area contributed by atoms with Gasteiger partial charge in [0.25, 0.3) is 0 Å². The zero-order valence-electron chi connectivity index (χ0n) is 11.5. The van der Waals surface area contributed by atoms with Crippen molar-refractivity contribution in [2.75, 3.05) is 7.11 Å². The summed E-state index contributed by atoms with van der Waals surface area (Å²) in [5.74, 6) is 0.227. The Bertz CT molecular complexity index is 593. The number of methoxy groups -OCH3 is 1. The Kier molecular flexibility index (Phi) is 5.44. The number of halogens is 1. The van der Waals surface area contributed by atoms with Crippen molar-refractivity contribution in [3.63, 3.8) is 0 Å². The third-order valence-electron chi connectivity index (χ3n) is 2.95. The van der Waals surface area contributed by atoms with Gasteiger partial charge in [0, 0.05) is 9.99 Å². The van der Waals surface area contributed by atoms with Gasteiger partial charge in [-0.15, -0.1) is 0 Å². The molecule has 1 N–H and O–H groups in total. The molecule has 0 saturated heterocycles. The van der Waals surface area contributed by atoms with Crippen LogP contribution in [0, 0.1) is 3.57 Å². The summed E-state index contributed by atoms with van der Waals surface area (Å²) in [6, 6.07) is 14.6. The smallest absolute Gasteiger partial charge is 0.345 e. The molecule has 0 heterocycles. The zero-order chi connectivity index (χ0) is 15.2. The van der Waals surface area contributed by atoms with Crippen LogP contribution in [0.5, 0.6) is 11.5 Å². The van der Waals surface area contributed by atoms with E-state index >= 15 is 0 Å². The third kappa shape index (κ3) is 4.63. The van der Waals surface area contributed by atoms with Crippen molar-refractivity contribution >= 4 is 28.6 Å². The van der Waals surface area contributed by atoms with Crippen molar-refractivity contribution in [3.05, 3.63) is 57.7 Å². The number of rotatable bonds is 6. The van der Waals surface area contributed by atoms with Crippen LogP contribution in [0.1, 0.15) is 5.56 Å². The minimum absolute atomic E-state index is 0.318. The lowest BCUT2D eigenvalue weighted by atomic mass is 10.1. The number of carbonyl (C=O) groups is 1. The molecule has 4 nitrogen and oxygen atoms in total. The van der Waals surface area contributed by atoms with Crippen LogP contribution < -0.4 is 9.47 Å². The molecular weight excluding hydrogens is 383 g/mol. The molecule has 110 valence electrons. The molecule has 0 spiro atoms. The normalized spacial score (nSPS) is 11.7. The van der Waals surface area contributed by atoms with E-state index in [0.717, 1.165) is 9.13 Å². The lowest BCUT2D eigenvalue weighted by molar-refractivity contribution is -0.145. The first-order valence-corrected chi connectivity index (χ1v) is 7.44. The molecule has 0 aliphatic heterocycles. The molecule has 2 aromatic rings. The van der Waals surface area contributed by atoms with Gasteiger partial charge in [-0.25, -0.2) is 4.79 Å². The highest BCUT2D eigenvalue weighted by molar-refractivity contribution is 14.1. The van der Waals surface area contributed by atoms with Crippen molar-refractivity contribution in [1.82, 2.24) is 0 Å². The fourth-order valence-electron chi connectivity index (χ4n) is 1.83. The molecule has 0 aliphatic rings. The van der Waals surface area contributed by atoms with E-state index in [-0.39, 0.29) is 0 Å². The summed E-state index contributed by atoms with van der Waals surface area (Å²) in [6.07, 6.45) is -0.600. The standard InChI is InChI=1S/C16H15IO4/c1-20-13-6-8-14(9-7-13)21-15(16(18)19)10-11-2-4-12(17)5-3-11/h2-9,15H,10H2,1H3,(H,18,19). The summed E-state index contributed by atoms with van der Waals surface area (Å²) in [5, 5.41) is 9.30. The summed E-state index contributed by atoms with van der Waals surface area (Å²) in [4.78, 5) is 11.3. The molecule has 0 bridgehead atoms. The Balaban J connectivity index is 2.07. The van der Waals surface area contributed by atoms with E-state index in [4.69, 9.17) is 9.47 Å². The SMILES string of the molecule is COc1ccc(OC(Cc2ccc(I)cc2)C(=O)O)cc1. The molecule has 2 aromatic carbocycles. The minimum Gasteiger partial charge on any atom is -0.497 e. The first-order chi connectivity index (χ1) is 10.1. The van der Waals surface area contributed by atoms with Crippen LogP contribution in [-0.2, 0) is 11.2 Å². The van der Waals surface area contributed by atoms with Gasteiger partial charge in [0.15, 0.2) is 6.10 Å². The van der Waals surface area contributed by atoms with E-state index in [0.29, 0.717) is 17.9 Å². The predicted molar refractivity (Wildman–Crippen MR) is 87.9 cm³/mol. The molecule has 0 amide bonds. The van der Waals surface area contributed by atoms with E-state index < -0.39 is 12.1 Å². The largest absolute Gasteiger partial charge is 0.497 e. The fraction of sp³-hybridized carbons (Fsp3) is 0.188. The van der Waals surface area contributed by atoms with Crippen LogP contribution in [0.2, 0.25) is 0 Å². The third-order valence-corrected chi connectivity index (χ3v) is 3.67. The summed E-state index contributed by atoms with van der Waals surface area (Å²) in [6.45, 7) is 0. The second-order valence-corrected chi connectivity index (χ2v) is 5.70. The highest BCUT2D eigenvalue weighted by Gasteiger charge is 2.20. The Morgan fingerprint density at radius 3 is 2.19 bits per heavy atom. The maximum absolute atomic E-state index is 11.3. The van der Waals surface area contributed by atoms with Gasteiger partial charge < -0.3 is 14.6 Å². The van der Waals surface area contributed by atoms with Crippen molar-refractivity contribution in [1.29, 1.82) is 0 Å². The number of hydrogen-bond acceptors (Lipinski definition) is 3. The molecule has 0 saturated carbocycles. The number of aliphatic carboxylic acids is 1. The maximum atomic E-state index is 11.3. The Hall–Kier alpha value is -1.76. The molecule has 21 heavy (non-hydrogen) atoms. The van der Waals surface area contributed by atoms with Crippen molar-refractivity contribution in [2.24, 2.45) is 0 Å². The average Bonchev–Trinajstić information content (AvgIpc) is 2.49. The van der Waals surface area contributed by atoms with Gasteiger partial charge in [-0.2, -0.15) is 0 Å². The number of carboxylic acids is 1. The van der Waals surface area contributed by atoms with Crippen molar-refractivity contribution in [2.45, 2.75) is 12.5 Å². The summed E-state index contributed by atoms with van der Waals surface area (Å²) < 4.78 is 11.7. The van der Waals surface area contributed by atoms with Gasteiger partial charge in [-0.3, -0.25) is 0 Å². The summed E-state index contributed by atoms with van der Waals surface area (Å²) >= 11 is 2.21. The second-order valence-electron chi connectivity index (χ2n) is 4.45. The number of ether oxygens (including phenoxy) is 2. The highest BCUT2D eigenvalue weighted by Crippen LogP contribution is 2.19. The fourth-order valence-corrected chi connectivity index (χ4v) is 2.19.